The van der Waals surface area contributed by atoms with Gasteiger partial charge in [-0.1, -0.05) is 0 Å². The number of nitrogens with zero attached hydrogens (tertiary/aromatic N) is 1. The van der Waals surface area contributed by atoms with Crippen molar-refractivity contribution in [1.82, 2.24) is 4.90 Å². The number of rotatable bonds is 4. The van der Waals surface area contributed by atoms with Gasteiger partial charge >= 0.3 is 0 Å². The first-order chi connectivity index (χ1) is 8.11. The van der Waals surface area contributed by atoms with Crippen molar-refractivity contribution in [3.05, 3.63) is 0 Å². The lowest BCUT2D eigenvalue weighted by atomic mass is 10.1. The van der Waals surface area contributed by atoms with Crippen LogP contribution >= 0.6 is 0 Å². The Bertz CT molecular complexity index is 335. The lowest BCUT2D eigenvalue weighted by Gasteiger charge is -2.35. The number of aliphatic hydroxyl groups excluding tert-OH is 1. The number of hydrogen-bond acceptors (Lipinski definition) is 5. The lowest BCUT2D eigenvalue weighted by molar-refractivity contribution is -0.0133. The van der Waals surface area contributed by atoms with Crippen molar-refractivity contribution < 1.29 is 18.3 Å². The van der Waals surface area contributed by atoms with Crippen molar-refractivity contribution in [2.45, 2.75) is 31.4 Å². The van der Waals surface area contributed by atoms with Crippen LogP contribution in [0.1, 0.15) is 19.3 Å². The number of likely N-dealkylation sites (tertiary alicyclic amines) is 1. The first kappa shape index (κ1) is 13.3. The minimum absolute atomic E-state index is 0.0705. The Morgan fingerprint density at radius 1 is 1.24 bits per heavy atom. The predicted octanol–water partition coefficient (Wildman–Crippen LogP) is -0.353. The van der Waals surface area contributed by atoms with E-state index in [0.717, 1.165) is 32.4 Å². The average molecular weight is 263 g/mol. The second-order valence-electron chi connectivity index (χ2n) is 4.89. The highest BCUT2D eigenvalue weighted by atomic mass is 32.2. The van der Waals surface area contributed by atoms with E-state index in [1.807, 2.05) is 0 Å². The molecule has 0 amide bonds. The van der Waals surface area contributed by atoms with Crippen LogP contribution in [0.5, 0.6) is 0 Å². The number of aliphatic hydroxyl groups is 1. The van der Waals surface area contributed by atoms with E-state index >= 15 is 0 Å². The summed E-state index contributed by atoms with van der Waals surface area (Å²) in [7, 11) is -2.78. The Kier molecular flexibility index (Phi) is 4.41. The van der Waals surface area contributed by atoms with Gasteiger partial charge in [-0.2, -0.15) is 0 Å². The van der Waals surface area contributed by atoms with E-state index in [9.17, 15) is 8.42 Å². The van der Waals surface area contributed by atoms with Crippen LogP contribution in [0.3, 0.4) is 0 Å². The molecule has 0 radical (unpaired) electrons. The minimum Gasteiger partial charge on any atom is -0.394 e. The fourth-order valence-corrected chi connectivity index (χ4v) is 4.45. The van der Waals surface area contributed by atoms with Crippen molar-refractivity contribution in [2.75, 3.05) is 37.8 Å². The Morgan fingerprint density at radius 3 is 2.47 bits per heavy atom. The molecule has 100 valence electrons. The van der Waals surface area contributed by atoms with Gasteiger partial charge in [-0.05, 0) is 19.3 Å². The molecule has 1 unspecified atom stereocenters. The smallest absolute Gasteiger partial charge is 0.151 e. The summed E-state index contributed by atoms with van der Waals surface area (Å²) in [6, 6.07) is 0.221. The highest BCUT2D eigenvalue weighted by molar-refractivity contribution is 7.91. The second kappa shape index (κ2) is 5.65. The van der Waals surface area contributed by atoms with Crippen LogP contribution in [0.15, 0.2) is 0 Å². The van der Waals surface area contributed by atoms with Gasteiger partial charge in [0.15, 0.2) is 9.84 Å². The molecule has 0 aromatic heterocycles. The highest BCUT2D eigenvalue weighted by Crippen LogP contribution is 2.22. The third-order valence-electron chi connectivity index (χ3n) is 3.65. The summed E-state index contributed by atoms with van der Waals surface area (Å²) in [5.74, 6) is 0.674. The predicted molar refractivity (Wildman–Crippen MR) is 64.7 cm³/mol. The average Bonchev–Trinajstić information content (AvgIpc) is 2.68. The summed E-state index contributed by atoms with van der Waals surface area (Å²) >= 11 is 0. The Labute approximate surface area is 103 Å². The summed E-state index contributed by atoms with van der Waals surface area (Å²) in [5, 5.41) is 8.68. The van der Waals surface area contributed by atoms with E-state index < -0.39 is 9.84 Å². The molecule has 2 rings (SSSR count). The van der Waals surface area contributed by atoms with Crippen molar-refractivity contribution in [3.8, 4) is 0 Å². The third-order valence-corrected chi connectivity index (χ3v) is 5.40. The minimum atomic E-state index is -2.78. The highest BCUT2D eigenvalue weighted by Gasteiger charge is 2.34. The first-order valence-corrected chi connectivity index (χ1v) is 8.10. The molecule has 0 aromatic rings. The topological polar surface area (TPSA) is 66.8 Å². The van der Waals surface area contributed by atoms with Crippen LogP contribution in [0.4, 0.5) is 0 Å². The van der Waals surface area contributed by atoms with E-state index in [4.69, 9.17) is 9.84 Å². The molecule has 0 aliphatic carbocycles. The largest absolute Gasteiger partial charge is 0.394 e. The fourth-order valence-electron chi connectivity index (χ4n) is 2.69. The SMILES string of the molecule is O=S1(=O)CCC(N2CCC(OCCO)CC2)C1. The van der Waals surface area contributed by atoms with Gasteiger partial charge in [0.25, 0.3) is 0 Å². The molecule has 6 heteroatoms. The zero-order valence-corrected chi connectivity index (χ0v) is 10.9. The van der Waals surface area contributed by atoms with Crippen molar-refractivity contribution >= 4 is 9.84 Å². The van der Waals surface area contributed by atoms with Crippen LogP contribution in [-0.4, -0.2) is 68.4 Å². The summed E-state index contributed by atoms with van der Waals surface area (Å²) in [6.45, 7) is 2.30. The lowest BCUT2D eigenvalue weighted by Crippen LogP contribution is -2.44. The molecule has 2 saturated heterocycles. The normalized spacial score (nSPS) is 30.8. The maximum absolute atomic E-state index is 11.4. The zero-order valence-electron chi connectivity index (χ0n) is 10.0. The van der Waals surface area contributed by atoms with E-state index in [1.54, 1.807) is 0 Å². The van der Waals surface area contributed by atoms with Crippen LogP contribution < -0.4 is 0 Å². The molecule has 1 N–H and O–H groups in total. The van der Waals surface area contributed by atoms with E-state index in [0.29, 0.717) is 18.1 Å². The Hall–Kier alpha value is -0.170. The first-order valence-electron chi connectivity index (χ1n) is 6.27. The number of piperidine rings is 1. The van der Waals surface area contributed by atoms with Crippen molar-refractivity contribution in [1.29, 1.82) is 0 Å². The summed E-state index contributed by atoms with van der Waals surface area (Å²) < 4.78 is 28.3. The monoisotopic (exact) mass is 263 g/mol. The van der Waals surface area contributed by atoms with Crippen LogP contribution in [-0.2, 0) is 14.6 Å². The van der Waals surface area contributed by atoms with Gasteiger partial charge in [0.05, 0.1) is 30.8 Å². The maximum atomic E-state index is 11.4. The van der Waals surface area contributed by atoms with Gasteiger partial charge in [0.2, 0.25) is 0 Å². The van der Waals surface area contributed by atoms with Gasteiger partial charge in [0, 0.05) is 19.1 Å². The molecule has 17 heavy (non-hydrogen) atoms. The Balaban J connectivity index is 1.76. The van der Waals surface area contributed by atoms with E-state index in [2.05, 4.69) is 4.90 Å². The van der Waals surface area contributed by atoms with Gasteiger partial charge in [-0.3, -0.25) is 4.90 Å². The number of ether oxygens (including phenoxy) is 1. The quantitative estimate of drug-likeness (QED) is 0.751. The van der Waals surface area contributed by atoms with Gasteiger partial charge in [0.1, 0.15) is 0 Å². The molecule has 1 atom stereocenters. The molecule has 0 spiro atoms. The summed E-state index contributed by atoms with van der Waals surface area (Å²) in [6.07, 6.45) is 2.90. The standard InChI is InChI=1S/C11H21NO4S/c13-6-7-16-11-1-4-12(5-2-11)10-3-8-17(14,15)9-10/h10-11,13H,1-9H2. The molecule has 5 nitrogen and oxygen atoms in total. The molecule has 2 aliphatic heterocycles. The maximum Gasteiger partial charge on any atom is 0.151 e. The molecule has 2 aliphatic rings. The van der Waals surface area contributed by atoms with Gasteiger partial charge in [-0.15, -0.1) is 0 Å². The van der Waals surface area contributed by atoms with Crippen LogP contribution in [0.2, 0.25) is 0 Å². The summed E-state index contributed by atoms with van der Waals surface area (Å²) in [4.78, 5) is 2.28. The van der Waals surface area contributed by atoms with Gasteiger partial charge < -0.3 is 9.84 Å². The van der Waals surface area contributed by atoms with Crippen LogP contribution in [0, 0.1) is 0 Å². The molecule has 2 heterocycles. The molecule has 0 bridgehead atoms. The zero-order chi connectivity index (χ0) is 12.3. The van der Waals surface area contributed by atoms with Crippen molar-refractivity contribution in [2.24, 2.45) is 0 Å². The van der Waals surface area contributed by atoms with Gasteiger partial charge in [-0.25, -0.2) is 8.42 Å². The molecular formula is C11H21NO4S. The second-order valence-corrected chi connectivity index (χ2v) is 7.12. The van der Waals surface area contributed by atoms with E-state index in [-0.39, 0.29) is 18.8 Å². The Morgan fingerprint density at radius 2 is 1.94 bits per heavy atom. The van der Waals surface area contributed by atoms with Crippen molar-refractivity contribution in [3.63, 3.8) is 0 Å². The molecule has 2 fully saturated rings. The molecule has 0 saturated carbocycles. The summed E-state index contributed by atoms with van der Waals surface area (Å²) in [5.41, 5.74) is 0. The molecule has 0 aromatic carbocycles. The van der Waals surface area contributed by atoms with Crippen LogP contribution in [0.25, 0.3) is 0 Å². The number of hydrogen-bond donors (Lipinski definition) is 1. The third kappa shape index (κ3) is 3.64. The molecular weight excluding hydrogens is 242 g/mol. The fraction of sp³-hybridized carbons (Fsp3) is 1.00. The number of sulfone groups is 1. The van der Waals surface area contributed by atoms with E-state index in [1.165, 1.54) is 0 Å².